The Morgan fingerprint density at radius 3 is 2.57 bits per heavy atom. The number of allylic oxidation sites excluding steroid dienone is 1. The van der Waals surface area contributed by atoms with E-state index in [0.717, 1.165) is 10.8 Å². The van der Waals surface area contributed by atoms with Crippen molar-refractivity contribution in [3.05, 3.63) is 84.4 Å². The summed E-state index contributed by atoms with van der Waals surface area (Å²) in [5.41, 5.74) is 3.82. The molecule has 2 amide bonds. The van der Waals surface area contributed by atoms with Crippen LogP contribution in [0.15, 0.2) is 78.4 Å². The molecule has 0 saturated carbocycles. The lowest BCUT2D eigenvalue weighted by atomic mass is 10.1. The van der Waals surface area contributed by atoms with Gasteiger partial charge in [-0.05, 0) is 29.5 Å². The van der Waals surface area contributed by atoms with Crippen LogP contribution in [0.3, 0.4) is 0 Å². The molecule has 140 valence electrons. The zero-order valence-electron chi connectivity index (χ0n) is 15.1. The van der Waals surface area contributed by atoms with E-state index in [4.69, 9.17) is 0 Å². The third-order valence-corrected chi connectivity index (χ3v) is 4.13. The highest BCUT2D eigenvalue weighted by molar-refractivity contribution is 6.40. The molecule has 0 aliphatic rings. The maximum Gasteiger partial charge on any atom is 0.329 e. The molecule has 3 aromatic rings. The molecule has 0 saturated heterocycles. The maximum atomic E-state index is 12.1. The first kappa shape index (κ1) is 18.8. The van der Waals surface area contributed by atoms with Crippen LogP contribution in [-0.2, 0) is 16.0 Å². The Bertz CT molecular complexity index is 1070. The Kier molecular flexibility index (Phi) is 5.81. The summed E-state index contributed by atoms with van der Waals surface area (Å²) < 4.78 is 0. The van der Waals surface area contributed by atoms with Crippen molar-refractivity contribution in [3.63, 3.8) is 0 Å². The summed E-state index contributed by atoms with van der Waals surface area (Å²) >= 11 is 0. The summed E-state index contributed by atoms with van der Waals surface area (Å²) in [5, 5.41) is 18.3. The number of amides is 2. The number of phenols is 1. The predicted molar refractivity (Wildman–Crippen MR) is 110 cm³/mol. The van der Waals surface area contributed by atoms with Gasteiger partial charge in [0.05, 0.1) is 6.21 Å². The fourth-order valence-corrected chi connectivity index (χ4v) is 2.76. The number of benzene rings is 3. The van der Waals surface area contributed by atoms with E-state index in [0.29, 0.717) is 23.2 Å². The lowest BCUT2D eigenvalue weighted by Gasteiger charge is -2.08. The molecule has 28 heavy (non-hydrogen) atoms. The third-order valence-electron chi connectivity index (χ3n) is 4.13. The van der Waals surface area contributed by atoms with Gasteiger partial charge in [0.2, 0.25) is 0 Å². The maximum absolute atomic E-state index is 12.1. The molecule has 0 atom stereocenters. The number of carbonyl (C=O) groups excluding carboxylic acids is 2. The van der Waals surface area contributed by atoms with Crippen LogP contribution in [0.25, 0.3) is 10.8 Å². The average molecular weight is 373 g/mol. The van der Waals surface area contributed by atoms with Crippen molar-refractivity contribution in [2.45, 2.75) is 6.42 Å². The Hall–Kier alpha value is -3.93. The molecule has 0 aliphatic carbocycles. The van der Waals surface area contributed by atoms with Crippen LogP contribution in [0.1, 0.15) is 11.1 Å². The van der Waals surface area contributed by atoms with Gasteiger partial charge in [-0.2, -0.15) is 5.10 Å². The van der Waals surface area contributed by atoms with Crippen LogP contribution in [0, 0.1) is 0 Å². The van der Waals surface area contributed by atoms with Gasteiger partial charge in [-0.25, -0.2) is 5.43 Å². The van der Waals surface area contributed by atoms with Crippen molar-refractivity contribution in [1.29, 1.82) is 0 Å². The Morgan fingerprint density at radius 2 is 1.75 bits per heavy atom. The molecule has 6 nitrogen and oxygen atoms in total. The lowest BCUT2D eigenvalue weighted by molar-refractivity contribution is -0.136. The molecule has 0 aliphatic heterocycles. The molecule has 0 heterocycles. The average Bonchev–Trinajstić information content (AvgIpc) is 2.71. The predicted octanol–water partition coefficient (Wildman–Crippen LogP) is 3.36. The number of hydrogen-bond acceptors (Lipinski definition) is 4. The summed E-state index contributed by atoms with van der Waals surface area (Å²) in [7, 11) is 0. The van der Waals surface area contributed by atoms with Gasteiger partial charge in [0.25, 0.3) is 0 Å². The molecule has 6 heteroatoms. The van der Waals surface area contributed by atoms with Gasteiger partial charge in [-0.1, -0.05) is 54.6 Å². The fraction of sp³-hybridized carbons (Fsp3) is 0.0455. The number of para-hydroxylation sites is 1. The van der Waals surface area contributed by atoms with Crippen LogP contribution in [-0.4, -0.2) is 23.1 Å². The minimum atomic E-state index is -0.911. The van der Waals surface area contributed by atoms with E-state index in [2.05, 4.69) is 22.4 Å². The number of nitrogens with zero attached hydrogens (tertiary/aromatic N) is 1. The molecule has 3 rings (SSSR count). The fourth-order valence-electron chi connectivity index (χ4n) is 2.76. The van der Waals surface area contributed by atoms with Crippen molar-refractivity contribution < 1.29 is 14.7 Å². The summed E-state index contributed by atoms with van der Waals surface area (Å²) in [6.07, 6.45) is 3.47. The molecule has 0 fully saturated rings. The van der Waals surface area contributed by atoms with Crippen LogP contribution in [0.2, 0.25) is 0 Å². The zero-order chi connectivity index (χ0) is 19.9. The van der Waals surface area contributed by atoms with Gasteiger partial charge in [0.15, 0.2) is 0 Å². The van der Waals surface area contributed by atoms with Gasteiger partial charge in [0, 0.05) is 16.6 Å². The Labute approximate surface area is 162 Å². The largest absolute Gasteiger partial charge is 0.507 e. The van der Waals surface area contributed by atoms with Gasteiger partial charge in [0.1, 0.15) is 5.75 Å². The van der Waals surface area contributed by atoms with Crippen LogP contribution in [0.4, 0.5) is 5.69 Å². The Balaban J connectivity index is 1.66. The number of hydrogen-bond donors (Lipinski definition) is 3. The highest BCUT2D eigenvalue weighted by atomic mass is 16.3. The van der Waals surface area contributed by atoms with E-state index in [1.807, 2.05) is 30.3 Å². The standard InChI is InChI=1S/C22H19N3O3/c1-2-7-16-10-5-11-17(20(16)26)14-23-25-22(28)21(27)24-19-13-6-9-15-8-3-4-12-18(15)19/h2-6,8-14,26H,1,7H2,(H,24,27)(H,25,28). The number of rotatable bonds is 5. The van der Waals surface area contributed by atoms with Gasteiger partial charge < -0.3 is 10.4 Å². The summed E-state index contributed by atoms with van der Waals surface area (Å²) in [5.74, 6) is -1.69. The SMILES string of the molecule is C=CCc1cccc(C=NNC(=O)C(=O)Nc2cccc3ccccc23)c1O. The second-order valence-electron chi connectivity index (χ2n) is 6.03. The second-order valence-corrected chi connectivity index (χ2v) is 6.03. The molecule has 0 unspecified atom stereocenters. The highest BCUT2D eigenvalue weighted by Crippen LogP contribution is 2.23. The van der Waals surface area contributed by atoms with E-state index in [1.165, 1.54) is 6.21 Å². The van der Waals surface area contributed by atoms with E-state index in [1.54, 1.807) is 36.4 Å². The smallest absolute Gasteiger partial charge is 0.329 e. The Morgan fingerprint density at radius 1 is 1.00 bits per heavy atom. The third kappa shape index (κ3) is 4.24. The van der Waals surface area contributed by atoms with Crippen LogP contribution in [0.5, 0.6) is 5.75 Å². The van der Waals surface area contributed by atoms with Crippen LogP contribution >= 0.6 is 0 Å². The molecule has 3 N–H and O–H groups in total. The molecule has 0 bridgehead atoms. The second kappa shape index (κ2) is 8.64. The number of hydrazone groups is 1. The van der Waals surface area contributed by atoms with Gasteiger partial charge in [-0.15, -0.1) is 6.58 Å². The summed E-state index contributed by atoms with van der Waals surface area (Å²) in [6, 6.07) is 18.1. The minimum absolute atomic E-state index is 0.0561. The first-order chi connectivity index (χ1) is 13.6. The van der Waals surface area contributed by atoms with Crippen molar-refractivity contribution in [2.24, 2.45) is 5.10 Å². The minimum Gasteiger partial charge on any atom is -0.507 e. The zero-order valence-corrected chi connectivity index (χ0v) is 15.1. The molecule has 3 aromatic carbocycles. The van der Waals surface area contributed by atoms with Crippen molar-refractivity contribution in [3.8, 4) is 5.75 Å². The number of phenolic OH excluding ortho intramolecular Hbond substituents is 1. The number of anilines is 1. The van der Waals surface area contributed by atoms with E-state index >= 15 is 0 Å². The molecule has 0 aromatic heterocycles. The first-order valence-corrected chi connectivity index (χ1v) is 8.64. The van der Waals surface area contributed by atoms with E-state index < -0.39 is 11.8 Å². The molecular weight excluding hydrogens is 354 g/mol. The molecule has 0 radical (unpaired) electrons. The van der Waals surface area contributed by atoms with Gasteiger partial charge in [-0.3, -0.25) is 9.59 Å². The summed E-state index contributed by atoms with van der Waals surface area (Å²) in [4.78, 5) is 24.2. The topological polar surface area (TPSA) is 90.8 Å². The number of nitrogens with one attached hydrogen (secondary N) is 2. The normalized spacial score (nSPS) is 10.7. The first-order valence-electron chi connectivity index (χ1n) is 8.64. The number of carbonyl (C=O) groups is 2. The van der Waals surface area contributed by atoms with E-state index in [-0.39, 0.29) is 5.75 Å². The van der Waals surface area contributed by atoms with Crippen molar-refractivity contribution >= 4 is 34.5 Å². The summed E-state index contributed by atoms with van der Waals surface area (Å²) in [6.45, 7) is 3.64. The molecule has 0 spiro atoms. The lowest BCUT2D eigenvalue weighted by Crippen LogP contribution is -2.32. The monoisotopic (exact) mass is 373 g/mol. The number of fused-ring (bicyclic) bond motifs is 1. The van der Waals surface area contributed by atoms with Crippen LogP contribution < -0.4 is 10.7 Å². The number of aromatic hydroxyl groups is 1. The highest BCUT2D eigenvalue weighted by Gasteiger charge is 2.14. The van der Waals surface area contributed by atoms with Crippen molar-refractivity contribution in [2.75, 3.05) is 5.32 Å². The van der Waals surface area contributed by atoms with Gasteiger partial charge >= 0.3 is 11.8 Å². The quantitative estimate of drug-likeness (QED) is 0.277. The molecular formula is C22H19N3O3. The van der Waals surface area contributed by atoms with E-state index in [9.17, 15) is 14.7 Å². The van der Waals surface area contributed by atoms with Crippen molar-refractivity contribution in [1.82, 2.24) is 5.43 Å².